The highest BCUT2D eigenvalue weighted by atomic mass is 16.1. The molecule has 0 amide bonds. The van der Waals surface area contributed by atoms with Crippen LogP contribution in [0.25, 0.3) is 0 Å². The van der Waals surface area contributed by atoms with E-state index in [2.05, 4.69) is 27.7 Å². The van der Waals surface area contributed by atoms with Crippen molar-refractivity contribution >= 4 is 5.78 Å². The zero-order chi connectivity index (χ0) is 10.1. The standard InChI is InChI=1S/C12H22O/c1-9-5-6-10(12(2,3)4)7-8-11(9)13/h9-10H,5-8H2,1-4H3/t9-,10+/m0/s1. The average molecular weight is 182 g/mol. The zero-order valence-electron chi connectivity index (χ0n) is 9.39. The monoisotopic (exact) mass is 182 g/mol. The van der Waals surface area contributed by atoms with Gasteiger partial charge in [0.05, 0.1) is 0 Å². The summed E-state index contributed by atoms with van der Waals surface area (Å²) in [5.74, 6) is 1.53. The molecular weight excluding hydrogens is 160 g/mol. The smallest absolute Gasteiger partial charge is 0.135 e. The molecule has 0 aliphatic heterocycles. The molecule has 1 rings (SSSR count). The highest BCUT2D eigenvalue weighted by Crippen LogP contribution is 2.37. The fourth-order valence-electron chi connectivity index (χ4n) is 2.19. The summed E-state index contributed by atoms with van der Waals surface area (Å²) in [6.07, 6.45) is 4.24. The first-order chi connectivity index (χ1) is 5.91. The normalized spacial score (nSPS) is 31.5. The molecule has 0 bridgehead atoms. The minimum Gasteiger partial charge on any atom is -0.299 e. The predicted molar refractivity (Wildman–Crippen MR) is 55.6 cm³/mol. The molecule has 1 aliphatic carbocycles. The van der Waals surface area contributed by atoms with E-state index in [9.17, 15) is 4.79 Å². The van der Waals surface area contributed by atoms with E-state index >= 15 is 0 Å². The van der Waals surface area contributed by atoms with Crippen molar-refractivity contribution in [3.8, 4) is 0 Å². The molecule has 1 heteroatoms. The van der Waals surface area contributed by atoms with Crippen LogP contribution in [0.2, 0.25) is 0 Å². The fourth-order valence-corrected chi connectivity index (χ4v) is 2.19. The van der Waals surface area contributed by atoms with Crippen LogP contribution in [0.4, 0.5) is 0 Å². The maximum Gasteiger partial charge on any atom is 0.135 e. The third-order valence-electron chi connectivity index (χ3n) is 3.46. The number of carbonyl (C=O) groups is 1. The van der Waals surface area contributed by atoms with Crippen molar-refractivity contribution in [1.29, 1.82) is 0 Å². The molecular formula is C12H22O. The van der Waals surface area contributed by atoms with E-state index in [0.29, 0.717) is 17.1 Å². The first kappa shape index (κ1) is 10.7. The summed E-state index contributed by atoms with van der Waals surface area (Å²) in [6, 6.07) is 0. The van der Waals surface area contributed by atoms with Crippen molar-refractivity contribution in [2.75, 3.05) is 0 Å². The van der Waals surface area contributed by atoms with E-state index in [1.165, 1.54) is 6.42 Å². The Morgan fingerprint density at radius 2 is 1.77 bits per heavy atom. The van der Waals surface area contributed by atoms with Crippen LogP contribution in [-0.4, -0.2) is 5.78 Å². The summed E-state index contributed by atoms with van der Waals surface area (Å²) in [6.45, 7) is 8.95. The molecule has 13 heavy (non-hydrogen) atoms. The molecule has 1 nitrogen and oxygen atoms in total. The van der Waals surface area contributed by atoms with E-state index in [1.54, 1.807) is 0 Å². The number of hydrogen-bond donors (Lipinski definition) is 0. The SMILES string of the molecule is C[C@H]1CC[C@@H](C(C)(C)C)CCC1=O. The second-order valence-corrected chi connectivity index (χ2v) is 5.55. The van der Waals surface area contributed by atoms with Gasteiger partial charge in [0, 0.05) is 12.3 Å². The molecule has 0 aromatic rings. The van der Waals surface area contributed by atoms with Crippen LogP contribution >= 0.6 is 0 Å². The summed E-state index contributed by atoms with van der Waals surface area (Å²) < 4.78 is 0. The Balaban J connectivity index is 2.59. The number of rotatable bonds is 0. The van der Waals surface area contributed by atoms with Crippen LogP contribution in [0.3, 0.4) is 0 Å². The third-order valence-corrected chi connectivity index (χ3v) is 3.46. The summed E-state index contributed by atoms with van der Waals surface area (Å²) in [4.78, 5) is 11.5. The third kappa shape index (κ3) is 2.82. The molecule has 0 saturated heterocycles. The lowest BCUT2D eigenvalue weighted by molar-refractivity contribution is -0.122. The second-order valence-electron chi connectivity index (χ2n) is 5.55. The van der Waals surface area contributed by atoms with Gasteiger partial charge in [0.15, 0.2) is 0 Å². The summed E-state index contributed by atoms with van der Waals surface area (Å²) in [5, 5.41) is 0. The lowest BCUT2D eigenvalue weighted by Crippen LogP contribution is -2.19. The van der Waals surface area contributed by atoms with Crippen molar-refractivity contribution in [3.63, 3.8) is 0 Å². The van der Waals surface area contributed by atoms with Crippen LogP contribution in [0, 0.1) is 17.3 Å². The first-order valence-electron chi connectivity index (χ1n) is 5.44. The van der Waals surface area contributed by atoms with E-state index < -0.39 is 0 Å². The Morgan fingerprint density at radius 1 is 1.15 bits per heavy atom. The molecule has 1 fully saturated rings. The molecule has 0 aromatic heterocycles. The lowest BCUT2D eigenvalue weighted by Gasteiger charge is -2.29. The molecule has 0 N–H and O–H groups in total. The Labute approximate surface area is 81.9 Å². The summed E-state index contributed by atoms with van der Waals surface area (Å²) in [7, 11) is 0. The number of ketones is 1. The summed E-state index contributed by atoms with van der Waals surface area (Å²) in [5.41, 5.74) is 0.379. The van der Waals surface area contributed by atoms with Crippen LogP contribution in [0.1, 0.15) is 53.4 Å². The van der Waals surface area contributed by atoms with Crippen molar-refractivity contribution in [2.45, 2.75) is 53.4 Å². The molecule has 0 spiro atoms. The Kier molecular flexibility index (Phi) is 3.15. The number of Topliss-reactive ketones (excluding diaryl/α,β-unsaturated/α-hetero) is 1. The number of carbonyl (C=O) groups excluding carboxylic acids is 1. The van der Waals surface area contributed by atoms with Gasteiger partial charge in [-0.1, -0.05) is 27.7 Å². The van der Waals surface area contributed by atoms with E-state index in [1.807, 2.05) is 0 Å². The van der Waals surface area contributed by atoms with Gasteiger partial charge in [-0.25, -0.2) is 0 Å². The molecule has 1 saturated carbocycles. The zero-order valence-corrected chi connectivity index (χ0v) is 9.39. The fraction of sp³-hybridized carbons (Fsp3) is 0.917. The quantitative estimate of drug-likeness (QED) is 0.524. The minimum absolute atomic E-state index is 0.312. The maximum absolute atomic E-state index is 11.5. The number of hydrogen-bond acceptors (Lipinski definition) is 1. The Morgan fingerprint density at radius 3 is 2.31 bits per heavy atom. The topological polar surface area (TPSA) is 17.1 Å². The van der Waals surface area contributed by atoms with Gasteiger partial charge < -0.3 is 0 Å². The Bertz CT molecular complexity index is 188. The van der Waals surface area contributed by atoms with Crippen molar-refractivity contribution in [2.24, 2.45) is 17.3 Å². The maximum atomic E-state index is 11.5. The van der Waals surface area contributed by atoms with Gasteiger partial charge in [0.2, 0.25) is 0 Å². The molecule has 0 aromatic carbocycles. The van der Waals surface area contributed by atoms with E-state index in [-0.39, 0.29) is 0 Å². The molecule has 2 atom stereocenters. The van der Waals surface area contributed by atoms with Crippen LogP contribution in [0.15, 0.2) is 0 Å². The second kappa shape index (κ2) is 3.81. The molecule has 0 radical (unpaired) electrons. The van der Waals surface area contributed by atoms with Gasteiger partial charge >= 0.3 is 0 Å². The molecule has 0 heterocycles. The Hall–Kier alpha value is -0.330. The highest BCUT2D eigenvalue weighted by Gasteiger charge is 2.29. The van der Waals surface area contributed by atoms with Gasteiger partial charge in [0.25, 0.3) is 0 Å². The minimum atomic E-state index is 0.312. The summed E-state index contributed by atoms with van der Waals surface area (Å²) >= 11 is 0. The van der Waals surface area contributed by atoms with Gasteiger partial charge in [0.1, 0.15) is 5.78 Å². The van der Waals surface area contributed by atoms with Gasteiger partial charge in [-0.15, -0.1) is 0 Å². The lowest BCUT2D eigenvalue weighted by atomic mass is 9.76. The average Bonchev–Trinajstić information content (AvgIpc) is 2.14. The first-order valence-corrected chi connectivity index (χ1v) is 5.44. The largest absolute Gasteiger partial charge is 0.299 e. The van der Waals surface area contributed by atoms with Gasteiger partial charge in [-0.3, -0.25) is 4.79 Å². The molecule has 0 unspecified atom stereocenters. The van der Waals surface area contributed by atoms with E-state index in [4.69, 9.17) is 0 Å². The van der Waals surface area contributed by atoms with Crippen LogP contribution in [-0.2, 0) is 4.79 Å². The highest BCUT2D eigenvalue weighted by molar-refractivity contribution is 5.80. The van der Waals surface area contributed by atoms with Crippen molar-refractivity contribution in [1.82, 2.24) is 0 Å². The van der Waals surface area contributed by atoms with E-state index in [0.717, 1.165) is 25.2 Å². The van der Waals surface area contributed by atoms with Crippen molar-refractivity contribution in [3.05, 3.63) is 0 Å². The predicted octanol–water partition coefficient (Wildman–Crippen LogP) is 3.43. The molecule has 76 valence electrons. The van der Waals surface area contributed by atoms with Crippen molar-refractivity contribution < 1.29 is 4.79 Å². The van der Waals surface area contributed by atoms with Crippen LogP contribution < -0.4 is 0 Å². The molecule has 1 aliphatic rings. The van der Waals surface area contributed by atoms with Gasteiger partial charge in [-0.2, -0.15) is 0 Å². The van der Waals surface area contributed by atoms with Gasteiger partial charge in [-0.05, 0) is 30.6 Å². The van der Waals surface area contributed by atoms with Crippen LogP contribution in [0.5, 0.6) is 0 Å².